The van der Waals surface area contributed by atoms with Gasteiger partial charge in [0.15, 0.2) is 11.6 Å². The third-order valence-corrected chi connectivity index (χ3v) is 7.83. The molecule has 0 spiro atoms. The first-order valence-electron chi connectivity index (χ1n) is 14.7. The summed E-state index contributed by atoms with van der Waals surface area (Å²) in [7, 11) is 1.64. The summed E-state index contributed by atoms with van der Waals surface area (Å²) in [4.78, 5) is 28.4. The van der Waals surface area contributed by atoms with Crippen molar-refractivity contribution in [2.24, 2.45) is 0 Å². The second-order valence-electron chi connectivity index (χ2n) is 10.6. The van der Waals surface area contributed by atoms with Crippen molar-refractivity contribution >= 4 is 11.8 Å². The average molecular weight is 595 g/mol. The zero-order valence-corrected chi connectivity index (χ0v) is 25.8. The Balaban J connectivity index is 1.64. The summed E-state index contributed by atoms with van der Waals surface area (Å²) in [5.41, 5.74) is 1.35. The van der Waals surface area contributed by atoms with Gasteiger partial charge in [-0.1, -0.05) is 35.5 Å². The summed E-state index contributed by atoms with van der Waals surface area (Å²) in [6.07, 6.45) is 0.815. The molecule has 0 aliphatic heterocycles. The number of urea groups is 1. The summed E-state index contributed by atoms with van der Waals surface area (Å²) in [6.45, 7) is 10.4. The standard InChI is InChI=1S/C31H42N6O6/c1-7-41-26-16-24(17-27(42-8-2)28(26)21(4)38)20(3)37(14-15-43-22(5)23-12-10-9-11-13-23)30(39)32-31(18-25(19-31)40-6)29-33-35-36-34-29/h9-13,16-17,20,22,25H,7-8,14-15,18-19H2,1-6H3,(H,32,39)(H,33,34,35,36). The van der Waals surface area contributed by atoms with Gasteiger partial charge in [0.2, 0.25) is 0 Å². The van der Waals surface area contributed by atoms with E-state index in [4.69, 9.17) is 18.9 Å². The molecule has 3 aromatic rings. The lowest BCUT2D eigenvalue weighted by atomic mass is 9.73. The Morgan fingerprint density at radius 3 is 2.26 bits per heavy atom. The van der Waals surface area contributed by atoms with Crippen LogP contribution < -0.4 is 14.8 Å². The topological polar surface area (TPSA) is 141 Å². The van der Waals surface area contributed by atoms with Gasteiger partial charge in [-0.2, -0.15) is 5.21 Å². The molecule has 1 aromatic heterocycles. The molecule has 1 heterocycles. The molecule has 12 nitrogen and oxygen atoms in total. The molecule has 0 radical (unpaired) electrons. The Hall–Kier alpha value is -4.03. The van der Waals surface area contributed by atoms with Crippen molar-refractivity contribution in [3.63, 3.8) is 0 Å². The number of methoxy groups -OCH3 is 1. The molecule has 2 amide bonds. The van der Waals surface area contributed by atoms with E-state index >= 15 is 0 Å². The van der Waals surface area contributed by atoms with E-state index in [1.807, 2.05) is 58.0 Å². The van der Waals surface area contributed by atoms with Crippen LogP contribution >= 0.6 is 0 Å². The van der Waals surface area contributed by atoms with Gasteiger partial charge in [0.05, 0.1) is 38.1 Å². The molecule has 0 saturated heterocycles. The highest BCUT2D eigenvalue weighted by Crippen LogP contribution is 2.42. The number of nitrogens with one attached hydrogen (secondary N) is 2. The van der Waals surface area contributed by atoms with Crippen LogP contribution in [0.1, 0.15) is 86.9 Å². The van der Waals surface area contributed by atoms with Crippen molar-refractivity contribution in [2.45, 2.75) is 71.2 Å². The van der Waals surface area contributed by atoms with E-state index in [0.29, 0.717) is 48.9 Å². The van der Waals surface area contributed by atoms with E-state index in [1.54, 1.807) is 24.1 Å². The van der Waals surface area contributed by atoms with Crippen LogP contribution in [0.4, 0.5) is 4.79 Å². The summed E-state index contributed by atoms with van der Waals surface area (Å²) >= 11 is 0. The maximum absolute atomic E-state index is 14.1. The van der Waals surface area contributed by atoms with Gasteiger partial charge in [0.1, 0.15) is 22.6 Å². The first-order valence-corrected chi connectivity index (χ1v) is 14.7. The molecule has 1 aliphatic carbocycles. The monoisotopic (exact) mass is 594 g/mol. The molecule has 1 fully saturated rings. The van der Waals surface area contributed by atoms with Gasteiger partial charge >= 0.3 is 6.03 Å². The first-order chi connectivity index (χ1) is 20.7. The molecule has 1 saturated carbocycles. The number of carbonyl (C=O) groups is 2. The first kappa shape index (κ1) is 31.9. The second kappa shape index (κ2) is 14.4. The number of Topliss-reactive ketones (excluding diaryl/α,β-unsaturated/α-hetero) is 1. The minimum absolute atomic E-state index is 0.0404. The van der Waals surface area contributed by atoms with Crippen LogP contribution in [-0.2, 0) is 15.0 Å². The van der Waals surface area contributed by atoms with Crippen LogP contribution in [0, 0.1) is 0 Å². The highest BCUT2D eigenvalue weighted by Gasteiger charge is 2.51. The number of carbonyl (C=O) groups excluding carboxylic acids is 2. The third kappa shape index (κ3) is 7.31. The van der Waals surface area contributed by atoms with Crippen molar-refractivity contribution in [2.75, 3.05) is 33.5 Å². The predicted octanol–water partition coefficient (Wildman–Crippen LogP) is 4.75. The Morgan fingerprint density at radius 1 is 1.07 bits per heavy atom. The number of rotatable bonds is 15. The number of ether oxygens (including phenoxy) is 4. The van der Waals surface area contributed by atoms with Gasteiger partial charge in [0, 0.05) is 26.5 Å². The molecule has 232 valence electrons. The minimum Gasteiger partial charge on any atom is -0.493 e. The Morgan fingerprint density at radius 2 is 1.72 bits per heavy atom. The number of hydrogen-bond acceptors (Lipinski definition) is 9. The van der Waals surface area contributed by atoms with Crippen molar-refractivity contribution in [3.8, 4) is 11.5 Å². The SMILES string of the molecule is CCOc1cc(C(C)N(CCOC(C)c2ccccc2)C(=O)NC2(c3nn[nH]n3)CC(OC)C2)cc(OCC)c1C(C)=O. The van der Waals surface area contributed by atoms with Gasteiger partial charge < -0.3 is 29.2 Å². The van der Waals surface area contributed by atoms with E-state index in [1.165, 1.54) is 6.92 Å². The van der Waals surface area contributed by atoms with Crippen LogP contribution in [0.5, 0.6) is 11.5 Å². The fourth-order valence-electron chi connectivity index (χ4n) is 5.40. The number of aromatic nitrogens is 4. The number of hydrogen-bond donors (Lipinski definition) is 2. The summed E-state index contributed by atoms with van der Waals surface area (Å²) in [6, 6.07) is 12.8. The van der Waals surface area contributed by atoms with Gasteiger partial charge in [-0.05, 0) is 57.9 Å². The van der Waals surface area contributed by atoms with Crippen LogP contribution in [0.3, 0.4) is 0 Å². The quantitative estimate of drug-likeness (QED) is 0.238. The van der Waals surface area contributed by atoms with E-state index in [0.717, 1.165) is 11.1 Å². The van der Waals surface area contributed by atoms with E-state index in [2.05, 4.69) is 25.9 Å². The third-order valence-electron chi connectivity index (χ3n) is 7.83. The second-order valence-corrected chi connectivity index (χ2v) is 10.6. The largest absolute Gasteiger partial charge is 0.493 e. The molecule has 43 heavy (non-hydrogen) atoms. The zero-order chi connectivity index (χ0) is 31.0. The van der Waals surface area contributed by atoms with Gasteiger partial charge in [0.25, 0.3) is 0 Å². The fourth-order valence-corrected chi connectivity index (χ4v) is 5.40. The number of H-pyrrole nitrogens is 1. The van der Waals surface area contributed by atoms with Crippen molar-refractivity contribution in [1.82, 2.24) is 30.8 Å². The lowest BCUT2D eigenvalue weighted by Gasteiger charge is -2.46. The van der Waals surface area contributed by atoms with E-state index < -0.39 is 11.6 Å². The lowest BCUT2D eigenvalue weighted by Crippen LogP contribution is -2.60. The number of tetrazole rings is 1. The minimum atomic E-state index is -0.827. The van der Waals surface area contributed by atoms with Crippen LogP contribution in [0.25, 0.3) is 0 Å². The predicted molar refractivity (Wildman–Crippen MR) is 159 cm³/mol. The van der Waals surface area contributed by atoms with Crippen molar-refractivity contribution < 1.29 is 28.5 Å². The summed E-state index contributed by atoms with van der Waals surface area (Å²) < 4.78 is 23.4. The van der Waals surface area contributed by atoms with Gasteiger partial charge in [-0.25, -0.2) is 4.79 Å². The average Bonchev–Trinajstić information content (AvgIpc) is 3.52. The van der Waals surface area contributed by atoms with E-state index in [9.17, 15) is 9.59 Å². The summed E-state index contributed by atoms with van der Waals surface area (Å²) in [5.74, 6) is 1.08. The lowest BCUT2D eigenvalue weighted by molar-refractivity contribution is -0.0343. The molecule has 2 aromatic carbocycles. The summed E-state index contributed by atoms with van der Waals surface area (Å²) in [5, 5.41) is 17.7. The maximum atomic E-state index is 14.1. The van der Waals surface area contributed by atoms with Gasteiger partial charge in [-0.15, -0.1) is 10.2 Å². The number of aromatic amines is 1. The molecule has 12 heteroatoms. The number of ketones is 1. The molecule has 0 bridgehead atoms. The van der Waals surface area contributed by atoms with Gasteiger partial charge in [-0.3, -0.25) is 4.79 Å². The van der Waals surface area contributed by atoms with Crippen molar-refractivity contribution in [1.29, 1.82) is 0 Å². The zero-order valence-electron chi connectivity index (χ0n) is 25.8. The molecule has 1 aliphatic rings. The van der Waals surface area contributed by atoms with Crippen molar-refractivity contribution in [3.05, 3.63) is 65.0 Å². The van der Waals surface area contributed by atoms with Crippen LogP contribution in [-0.4, -0.2) is 76.9 Å². The Bertz CT molecular complexity index is 1320. The fraction of sp³-hybridized carbons (Fsp3) is 0.516. The molecule has 2 unspecified atom stereocenters. The normalized spacial score (nSPS) is 19.2. The van der Waals surface area contributed by atoms with E-state index in [-0.39, 0.29) is 37.2 Å². The molecule has 2 atom stereocenters. The van der Waals surface area contributed by atoms with Crippen LogP contribution in [0.15, 0.2) is 42.5 Å². The van der Waals surface area contributed by atoms with Crippen LogP contribution in [0.2, 0.25) is 0 Å². The number of nitrogens with zero attached hydrogens (tertiary/aromatic N) is 4. The highest BCUT2D eigenvalue weighted by molar-refractivity contribution is 5.99. The number of benzene rings is 2. The smallest absolute Gasteiger partial charge is 0.318 e. The molecule has 4 rings (SSSR count). The Labute approximate surface area is 252 Å². The number of amides is 2. The molecular formula is C31H42N6O6. The maximum Gasteiger partial charge on any atom is 0.318 e. The molecular weight excluding hydrogens is 552 g/mol. The highest BCUT2D eigenvalue weighted by atomic mass is 16.5. The molecule has 2 N–H and O–H groups in total. The Kier molecular flexibility index (Phi) is 10.7.